The molecule has 0 spiro atoms. The Balaban J connectivity index is 1.68. The highest BCUT2D eigenvalue weighted by atomic mass is 16.3. The van der Waals surface area contributed by atoms with Crippen LogP contribution in [-0.2, 0) is 11.3 Å². The molecule has 0 aliphatic heterocycles. The molecule has 1 fully saturated rings. The minimum absolute atomic E-state index is 0.0767. The summed E-state index contributed by atoms with van der Waals surface area (Å²) in [6, 6.07) is 5.97. The lowest BCUT2D eigenvalue weighted by atomic mass is 10.1. The topological polar surface area (TPSA) is 78.0 Å². The van der Waals surface area contributed by atoms with Crippen molar-refractivity contribution in [1.29, 1.82) is 0 Å². The average molecular weight is 273 g/mol. The highest BCUT2D eigenvalue weighted by Gasteiger charge is 2.31. The van der Waals surface area contributed by atoms with Gasteiger partial charge in [0.2, 0.25) is 5.91 Å². The number of benzene rings is 1. The smallest absolute Gasteiger partial charge is 0.226 e. The number of H-pyrrole nitrogens is 1. The number of carbonyl (C=O) groups is 1. The first-order chi connectivity index (χ1) is 9.65. The van der Waals surface area contributed by atoms with Crippen molar-refractivity contribution in [3.05, 3.63) is 29.6 Å². The molecule has 0 saturated heterocycles. The largest absolute Gasteiger partial charge is 0.392 e. The number of aromatic nitrogens is 2. The molecule has 3 N–H and O–H groups in total. The Morgan fingerprint density at radius 3 is 3.05 bits per heavy atom. The van der Waals surface area contributed by atoms with E-state index in [0.717, 1.165) is 41.7 Å². The minimum Gasteiger partial charge on any atom is -0.392 e. The fraction of sp³-hybridized carbons (Fsp3) is 0.467. The number of aryl methyl sites for hydroxylation is 1. The maximum absolute atomic E-state index is 12.0. The van der Waals surface area contributed by atoms with Gasteiger partial charge in [0, 0.05) is 0 Å². The molecule has 5 nitrogen and oxygen atoms in total. The SMILES string of the molecule is Cc1cccc2[nH]c(CNC(=O)C3CCCC3O)nc12. The van der Waals surface area contributed by atoms with Gasteiger partial charge in [-0.3, -0.25) is 4.79 Å². The summed E-state index contributed by atoms with van der Waals surface area (Å²) < 4.78 is 0. The van der Waals surface area contributed by atoms with E-state index in [0.29, 0.717) is 6.54 Å². The number of hydrogen-bond donors (Lipinski definition) is 3. The first-order valence-electron chi connectivity index (χ1n) is 7.05. The van der Waals surface area contributed by atoms with Crippen LogP contribution in [0.2, 0.25) is 0 Å². The number of aliphatic hydroxyl groups is 1. The van der Waals surface area contributed by atoms with E-state index in [-0.39, 0.29) is 11.8 Å². The van der Waals surface area contributed by atoms with Crippen LogP contribution in [0.15, 0.2) is 18.2 Å². The van der Waals surface area contributed by atoms with Crippen LogP contribution < -0.4 is 5.32 Å². The summed E-state index contributed by atoms with van der Waals surface area (Å²) in [5.74, 6) is 0.406. The van der Waals surface area contributed by atoms with Crippen LogP contribution >= 0.6 is 0 Å². The van der Waals surface area contributed by atoms with E-state index in [9.17, 15) is 9.90 Å². The Morgan fingerprint density at radius 1 is 1.50 bits per heavy atom. The van der Waals surface area contributed by atoms with E-state index in [4.69, 9.17) is 0 Å². The van der Waals surface area contributed by atoms with Crippen molar-refractivity contribution in [1.82, 2.24) is 15.3 Å². The molecular formula is C15H19N3O2. The van der Waals surface area contributed by atoms with Crippen molar-refractivity contribution in [2.75, 3.05) is 0 Å². The highest BCUT2D eigenvalue weighted by Crippen LogP contribution is 2.25. The molecule has 1 aliphatic carbocycles. The summed E-state index contributed by atoms with van der Waals surface area (Å²) in [6.45, 7) is 2.39. The molecule has 1 aliphatic rings. The molecule has 20 heavy (non-hydrogen) atoms. The molecule has 1 saturated carbocycles. The normalized spacial score (nSPS) is 22.3. The van der Waals surface area contributed by atoms with Gasteiger partial charge in [-0.05, 0) is 37.8 Å². The second kappa shape index (κ2) is 5.25. The van der Waals surface area contributed by atoms with Gasteiger partial charge in [-0.1, -0.05) is 12.1 Å². The van der Waals surface area contributed by atoms with Crippen LogP contribution in [0.4, 0.5) is 0 Å². The van der Waals surface area contributed by atoms with Crippen LogP contribution in [0, 0.1) is 12.8 Å². The molecule has 106 valence electrons. The van der Waals surface area contributed by atoms with Gasteiger partial charge in [-0.25, -0.2) is 4.98 Å². The van der Waals surface area contributed by atoms with Gasteiger partial charge in [-0.15, -0.1) is 0 Å². The third-order valence-corrected chi connectivity index (χ3v) is 4.01. The lowest BCUT2D eigenvalue weighted by Crippen LogP contribution is -2.34. The van der Waals surface area contributed by atoms with Crippen LogP contribution in [0.25, 0.3) is 11.0 Å². The summed E-state index contributed by atoms with van der Waals surface area (Å²) in [4.78, 5) is 19.7. The number of rotatable bonds is 3. The number of aromatic amines is 1. The number of nitrogens with one attached hydrogen (secondary N) is 2. The zero-order valence-electron chi connectivity index (χ0n) is 11.5. The number of aliphatic hydroxyl groups excluding tert-OH is 1. The van der Waals surface area contributed by atoms with Crippen molar-refractivity contribution in [2.45, 2.75) is 38.8 Å². The van der Waals surface area contributed by atoms with Gasteiger partial charge in [0.1, 0.15) is 5.82 Å². The molecule has 1 aromatic carbocycles. The summed E-state index contributed by atoms with van der Waals surface area (Å²) in [5.41, 5.74) is 3.04. The fourth-order valence-corrected chi connectivity index (χ4v) is 2.86. The number of imidazole rings is 1. The summed E-state index contributed by atoms with van der Waals surface area (Å²) in [7, 11) is 0. The lowest BCUT2D eigenvalue weighted by molar-refractivity contribution is -0.127. The highest BCUT2D eigenvalue weighted by molar-refractivity contribution is 5.80. The Bertz CT molecular complexity index is 635. The van der Waals surface area contributed by atoms with E-state index in [1.807, 2.05) is 25.1 Å². The summed E-state index contributed by atoms with van der Waals surface area (Å²) in [6.07, 6.45) is 1.92. The van der Waals surface area contributed by atoms with Gasteiger partial charge in [-0.2, -0.15) is 0 Å². The molecule has 2 atom stereocenters. The Morgan fingerprint density at radius 2 is 2.35 bits per heavy atom. The predicted octanol–water partition coefficient (Wildman–Crippen LogP) is 1.65. The summed E-state index contributed by atoms with van der Waals surface area (Å²) >= 11 is 0. The quantitative estimate of drug-likeness (QED) is 0.795. The Hall–Kier alpha value is -1.88. The molecular weight excluding hydrogens is 254 g/mol. The third-order valence-electron chi connectivity index (χ3n) is 4.01. The Labute approximate surface area is 117 Å². The number of amides is 1. The second-order valence-electron chi connectivity index (χ2n) is 5.48. The molecule has 1 heterocycles. The average Bonchev–Trinajstić information content (AvgIpc) is 3.03. The molecule has 1 aromatic heterocycles. The number of carbonyl (C=O) groups excluding carboxylic acids is 1. The van der Waals surface area contributed by atoms with Gasteiger partial charge in [0.05, 0.1) is 29.6 Å². The molecule has 1 amide bonds. The molecule has 2 aromatic rings. The molecule has 0 radical (unpaired) electrons. The zero-order valence-corrected chi connectivity index (χ0v) is 11.5. The molecule has 5 heteroatoms. The van der Waals surface area contributed by atoms with Crippen molar-refractivity contribution in [3.8, 4) is 0 Å². The second-order valence-corrected chi connectivity index (χ2v) is 5.48. The molecule has 3 rings (SSSR count). The zero-order chi connectivity index (χ0) is 14.1. The van der Waals surface area contributed by atoms with Gasteiger partial charge in [0.25, 0.3) is 0 Å². The van der Waals surface area contributed by atoms with Gasteiger partial charge in [0.15, 0.2) is 0 Å². The van der Waals surface area contributed by atoms with Crippen LogP contribution in [0.3, 0.4) is 0 Å². The maximum Gasteiger partial charge on any atom is 0.226 e. The van der Waals surface area contributed by atoms with E-state index < -0.39 is 6.10 Å². The third kappa shape index (κ3) is 2.41. The lowest BCUT2D eigenvalue weighted by Gasteiger charge is -2.13. The van der Waals surface area contributed by atoms with E-state index in [1.54, 1.807) is 0 Å². The standard InChI is InChI=1S/C15H19N3O2/c1-9-4-2-6-11-14(9)18-13(17-11)8-16-15(20)10-5-3-7-12(10)19/h2,4,6,10,12,19H,3,5,7-8H2,1H3,(H,16,20)(H,17,18). The van der Waals surface area contributed by atoms with Crippen molar-refractivity contribution < 1.29 is 9.90 Å². The Kier molecular flexibility index (Phi) is 3.44. The number of fused-ring (bicyclic) bond motifs is 1. The first kappa shape index (κ1) is 13.1. The maximum atomic E-state index is 12.0. The van der Waals surface area contributed by atoms with Crippen LogP contribution in [0.1, 0.15) is 30.7 Å². The molecule has 2 unspecified atom stereocenters. The van der Waals surface area contributed by atoms with E-state index >= 15 is 0 Å². The first-order valence-corrected chi connectivity index (χ1v) is 7.05. The van der Waals surface area contributed by atoms with Crippen LogP contribution in [0.5, 0.6) is 0 Å². The summed E-state index contributed by atoms with van der Waals surface area (Å²) in [5, 5.41) is 12.6. The minimum atomic E-state index is -0.493. The van der Waals surface area contributed by atoms with E-state index in [2.05, 4.69) is 15.3 Å². The monoisotopic (exact) mass is 273 g/mol. The predicted molar refractivity (Wildman–Crippen MR) is 76.0 cm³/mol. The van der Waals surface area contributed by atoms with Crippen molar-refractivity contribution in [2.24, 2.45) is 5.92 Å². The van der Waals surface area contributed by atoms with Crippen molar-refractivity contribution >= 4 is 16.9 Å². The fourth-order valence-electron chi connectivity index (χ4n) is 2.86. The van der Waals surface area contributed by atoms with Gasteiger partial charge < -0.3 is 15.4 Å². The number of hydrogen-bond acceptors (Lipinski definition) is 3. The van der Waals surface area contributed by atoms with Gasteiger partial charge >= 0.3 is 0 Å². The molecule has 0 bridgehead atoms. The van der Waals surface area contributed by atoms with E-state index in [1.165, 1.54) is 0 Å². The number of nitrogens with zero attached hydrogens (tertiary/aromatic N) is 1. The van der Waals surface area contributed by atoms with Crippen molar-refractivity contribution in [3.63, 3.8) is 0 Å². The van der Waals surface area contributed by atoms with Crippen LogP contribution in [-0.4, -0.2) is 27.1 Å². The number of para-hydroxylation sites is 1.